The summed E-state index contributed by atoms with van der Waals surface area (Å²) in [5.74, 6) is -2.40. The molecule has 1 aromatic heterocycles. The molecule has 2 aromatic carbocycles. The number of nitrogens with one attached hydrogen (secondary N) is 2. The van der Waals surface area contributed by atoms with E-state index in [4.69, 9.17) is 0 Å². The number of aromatic nitrogens is 1. The van der Waals surface area contributed by atoms with Crippen LogP contribution in [-0.4, -0.2) is 48.6 Å². The first kappa shape index (κ1) is 29.9. The molecular weight excluding hydrogens is 557 g/mol. The fourth-order valence-corrected chi connectivity index (χ4v) is 4.45. The molecule has 2 N–H and O–H groups in total. The van der Waals surface area contributed by atoms with E-state index in [9.17, 15) is 40.8 Å². The Morgan fingerprint density at radius 1 is 0.975 bits per heavy atom. The molecule has 0 bridgehead atoms. The van der Waals surface area contributed by atoms with Gasteiger partial charge in [-0.25, -0.2) is 22.9 Å². The number of sulfonamides is 1. The molecule has 40 heavy (non-hydrogen) atoms. The average Bonchev–Trinajstić information content (AvgIpc) is 2.89. The van der Waals surface area contributed by atoms with E-state index in [1.807, 2.05) is 10.9 Å². The third kappa shape index (κ3) is 6.66. The predicted molar refractivity (Wildman–Crippen MR) is 136 cm³/mol. The maximum absolute atomic E-state index is 13.6. The van der Waals surface area contributed by atoms with Gasteiger partial charge in [-0.3, -0.25) is 24.4 Å². The summed E-state index contributed by atoms with van der Waals surface area (Å²) in [5, 5.41) is 0. The molecular formula is C25H23F3N4O7S. The predicted octanol–water partition coefficient (Wildman–Crippen LogP) is 2.77. The minimum atomic E-state index is -4.78. The van der Waals surface area contributed by atoms with Gasteiger partial charge in [0.05, 0.1) is 31.0 Å². The summed E-state index contributed by atoms with van der Waals surface area (Å²) in [4.78, 5) is 51.5. The van der Waals surface area contributed by atoms with E-state index in [-0.39, 0.29) is 11.4 Å². The number of hydrazine groups is 1. The lowest BCUT2D eigenvalue weighted by molar-refractivity contribution is -0.137. The molecule has 0 saturated carbocycles. The number of hydrogen-bond donors (Lipinski definition) is 2. The number of ether oxygens (including phenoxy) is 1. The van der Waals surface area contributed by atoms with Gasteiger partial charge >= 0.3 is 12.3 Å². The monoisotopic (exact) mass is 580 g/mol. The maximum Gasteiger partial charge on any atom is 0.425 e. The van der Waals surface area contributed by atoms with Crippen molar-refractivity contribution in [3.8, 4) is 5.69 Å². The summed E-state index contributed by atoms with van der Waals surface area (Å²) >= 11 is 0. The minimum Gasteiger partial charge on any atom is -0.452 e. The number of benzene rings is 2. The molecule has 0 aliphatic heterocycles. The number of rotatable bonds is 6. The van der Waals surface area contributed by atoms with Crippen molar-refractivity contribution in [3.05, 3.63) is 99.0 Å². The maximum atomic E-state index is 13.6. The summed E-state index contributed by atoms with van der Waals surface area (Å²) in [5.41, 5.74) is 0.174. The lowest BCUT2D eigenvalue weighted by Crippen LogP contribution is -2.44. The first-order valence-corrected chi connectivity index (χ1v) is 13.1. The van der Waals surface area contributed by atoms with Crippen molar-refractivity contribution in [2.24, 2.45) is 0 Å². The quantitative estimate of drug-likeness (QED) is 0.427. The Hall–Kier alpha value is -4.66. The van der Waals surface area contributed by atoms with Crippen LogP contribution in [0.1, 0.15) is 37.5 Å². The molecule has 0 aliphatic carbocycles. The largest absolute Gasteiger partial charge is 0.452 e. The second kappa shape index (κ2) is 11.6. The molecule has 1 heterocycles. The molecule has 0 radical (unpaired) electrons. The molecule has 0 aliphatic rings. The number of methoxy groups -OCH3 is 1. The number of carbonyl (C=O) groups is 3. The molecule has 0 saturated heterocycles. The Kier molecular flexibility index (Phi) is 8.68. The Balaban J connectivity index is 2.26. The number of hydrogen-bond acceptors (Lipinski definition) is 7. The van der Waals surface area contributed by atoms with Crippen LogP contribution in [0.5, 0.6) is 0 Å². The number of pyridine rings is 1. The summed E-state index contributed by atoms with van der Waals surface area (Å²) in [7, 11) is -3.27. The highest BCUT2D eigenvalue weighted by Gasteiger charge is 2.32. The normalized spacial score (nSPS) is 11.4. The number of amides is 3. The van der Waals surface area contributed by atoms with Gasteiger partial charge in [0, 0.05) is 11.4 Å². The molecule has 11 nitrogen and oxygen atoms in total. The summed E-state index contributed by atoms with van der Waals surface area (Å²) in [6.07, 6.45) is -5.12. The van der Waals surface area contributed by atoms with Crippen LogP contribution in [0.2, 0.25) is 0 Å². The minimum absolute atomic E-state index is 0.209. The van der Waals surface area contributed by atoms with Crippen LogP contribution in [0.15, 0.2) is 65.5 Å². The molecule has 0 fully saturated rings. The second-order valence-corrected chi connectivity index (χ2v) is 10.3. The first-order valence-electron chi connectivity index (χ1n) is 11.3. The zero-order chi connectivity index (χ0) is 29.8. The summed E-state index contributed by atoms with van der Waals surface area (Å²) in [6, 6.07) is 12.3. The topological polar surface area (TPSA) is 144 Å². The Labute approximate surface area is 226 Å². The van der Waals surface area contributed by atoms with Gasteiger partial charge < -0.3 is 4.74 Å². The van der Waals surface area contributed by atoms with E-state index >= 15 is 0 Å². The van der Waals surface area contributed by atoms with E-state index in [0.717, 1.165) is 37.6 Å². The lowest BCUT2D eigenvalue weighted by atomic mass is 10.1. The number of alkyl halides is 3. The van der Waals surface area contributed by atoms with Crippen LogP contribution in [0, 0.1) is 6.92 Å². The van der Waals surface area contributed by atoms with Gasteiger partial charge in [-0.05, 0) is 36.8 Å². The van der Waals surface area contributed by atoms with E-state index in [0.29, 0.717) is 20.5 Å². The van der Waals surface area contributed by atoms with Crippen LogP contribution in [-0.2, 0) is 27.5 Å². The number of halogens is 3. The van der Waals surface area contributed by atoms with Crippen LogP contribution in [0.25, 0.3) is 5.69 Å². The van der Waals surface area contributed by atoms with Gasteiger partial charge in [0.25, 0.3) is 17.4 Å². The van der Waals surface area contributed by atoms with Crippen LogP contribution >= 0.6 is 0 Å². The van der Waals surface area contributed by atoms with Gasteiger partial charge in [0.1, 0.15) is 5.56 Å². The van der Waals surface area contributed by atoms with E-state index in [2.05, 4.69) is 4.74 Å². The average molecular weight is 581 g/mol. The van der Waals surface area contributed by atoms with Crippen molar-refractivity contribution in [1.82, 2.24) is 19.7 Å². The third-order valence-corrected chi connectivity index (χ3v) is 6.71. The SMILES string of the molecule is COC(=O)NNC(=O)c1cc(C(=O)N(Cc2ccccc2)S(C)(=O)=O)c(=O)n(-c2cccc(C(F)(F)F)c2)c1C. The molecule has 3 aromatic rings. The summed E-state index contributed by atoms with van der Waals surface area (Å²) in [6.45, 7) is 0.752. The van der Waals surface area contributed by atoms with Gasteiger partial charge in [0.2, 0.25) is 10.0 Å². The molecule has 0 atom stereocenters. The fourth-order valence-electron chi connectivity index (χ4n) is 3.67. The van der Waals surface area contributed by atoms with Gasteiger partial charge in [-0.15, -0.1) is 0 Å². The summed E-state index contributed by atoms with van der Waals surface area (Å²) < 4.78 is 70.9. The van der Waals surface area contributed by atoms with Crippen molar-refractivity contribution in [3.63, 3.8) is 0 Å². The smallest absolute Gasteiger partial charge is 0.425 e. The highest BCUT2D eigenvalue weighted by Crippen LogP contribution is 2.30. The molecule has 3 amide bonds. The highest BCUT2D eigenvalue weighted by molar-refractivity contribution is 7.88. The second-order valence-electron chi connectivity index (χ2n) is 8.38. The number of nitrogens with zero attached hydrogens (tertiary/aromatic N) is 2. The highest BCUT2D eigenvalue weighted by atomic mass is 32.2. The molecule has 0 spiro atoms. The van der Waals surface area contributed by atoms with Crippen molar-refractivity contribution < 1.29 is 40.7 Å². The zero-order valence-electron chi connectivity index (χ0n) is 21.3. The first-order chi connectivity index (χ1) is 18.6. The van der Waals surface area contributed by atoms with Crippen molar-refractivity contribution in [2.75, 3.05) is 13.4 Å². The number of carbonyl (C=O) groups excluding carboxylic acids is 3. The van der Waals surface area contributed by atoms with Crippen LogP contribution < -0.4 is 16.4 Å². The Bertz CT molecular complexity index is 1620. The Morgan fingerprint density at radius 2 is 1.62 bits per heavy atom. The van der Waals surface area contributed by atoms with Crippen molar-refractivity contribution >= 4 is 27.9 Å². The van der Waals surface area contributed by atoms with Crippen molar-refractivity contribution in [1.29, 1.82) is 0 Å². The standard InChI is InChI=1S/C25H23F3N4O7S/c1-15-19(21(33)29-30-24(36)39-2)13-20(22(34)31(40(3,37)38)14-16-8-5-4-6-9-16)23(35)32(15)18-11-7-10-17(12-18)25(26,27)28/h4-13H,14H2,1-3H3,(H,29,33)(H,30,36). The van der Waals surface area contributed by atoms with Gasteiger partial charge in [-0.2, -0.15) is 13.2 Å². The zero-order valence-corrected chi connectivity index (χ0v) is 22.1. The third-order valence-electron chi connectivity index (χ3n) is 5.61. The van der Waals surface area contributed by atoms with Crippen molar-refractivity contribution in [2.45, 2.75) is 19.6 Å². The van der Waals surface area contributed by atoms with E-state index < -0.39 is 62.9 Å². The fraction of sp³-hybridized carbons (Fsp3) is 0.200. The van der Waals surface area contributed by atoms with E-state index in [1.54, 1.807) is 30.3 Å². The van der Waals surface area contributed by atoms with Crippen LogP contribution in [0.4, 0.5) is 18.0 Å². The molecule has 212 valence electrons. The molecule has 15 heteroatoms. The van der Waals surface area contributed by atoms with E-state index in [1.165, 1.54) is 6.92 Å². The Morgan fingerprint density at radius 3 is 2.20 bits per heavy atom. The van der Waals surface area contributed by atoms with Gasteiger partial charge in [0.15, 0.2) is 0 Å². The lowest BCUT2D eigenvalue weighted by Gasteiger charge is -2.22. The molecule has 0 unspecified atom stereocenters. The van der Waals surface area contributed by atoms with Gasteiger partial charge in [-0.1, -0.05) is 36.4 Å². The van der Waals surface area contributed by atoms with Crippen LogP contribution in [0.3, 0.4) is 0 Å². The molecule has 3 rings (SSSR count).